The Bertz CT molecular complexity index is 1100. The molecular weight excluding hydrogens is 470 g/mol. The molecule has 1 aliphatic heterocycles. The van der Waals surface area contributed by atoms with E-state index in [1.54, 1.807) is 6.07 Å². The van der Waals surface area contributed by atoms with Crippen molar-refractivity contribution in [3.63, 3.8) is 0 Å². The third kappa shape index (κ3) is 6.09. The van der Waals surface area contributed by atoms with Crippen LogP contribution in [-0.4, -0.2) is 54.5 Å². The first kappa shape index (κ1) is 24.1. The van der Waals surface area contributed by atoms with E-state index in [4.69, 9.17) is 4.74 Å². The lowest BCUT2D eigenvalue weighted by Gasteiger charge is -2.34. The van der Waals surface area contributed by atoms with E-state index < -0.39 is 11.7 Å². The van der Waals surface area contributed by atoms with Crippen molar-refractivity contribution in [1.82, 2.24) is 14.3 Å². The Balaban J connectivity index is 1.41. The minimum Gasteiger partial charge on any atom is -0.439 e. The first-order valence-corrected chi connectivity index (χ1v) is 11.3. The highest BCUT2D eigenvalue weighted by atomic mass is 32.2. The van der Waals surface area contributed by atoms with Gasteiger partial charge in [-0.1, -0.05) is 0 Å². The number of halogens is 4. The van der Waals surface area contributed by atoms with Gasteiger partial charge in [-0.05, 0) is 60.5 Å². The van der Waals surface area contributed by atoms with Crippen molar-refractivity contribution in [3.8, 4) is 11.6 Å². The Morgan fingerprint density at radius 3 is 2.15 bits per heavy atom. The topological polar surface area (TPSA) is 44.7 Å². The second kappa shape index (κ2) is 10.1. The third-order valence-corrected chi connectivity index (χ3v) is 6.22. The number of alkyl halides is 3. The molecule has 180 valence electrons. The minimum absolute atomic E-state index is 0.349. The molecule has 0 aliphatic carbocycles. The summed E-state index contributed by atoms with van der Waals surface area (Å²) in [7, 11) is 3.73. The van der Waals surface area contributed by atoms with Crippen molar-refractivity contribution in [2.45, 2.75) is 11.1 Å². The van der Waals surface area contributed by atoms with Gasteiger partial charge in [0.2, 0.25) is 11.8 Å². The number of hydrogen-bond acceptors (Lipinski definition) is 7. The van der Waals surface area contributed by atoms with Gasteiger partial charge >= 0.3 is 6.18 Å². The van der Waals surface area contributed by atoms with E-state index in [9.17, 15) is 17.6 Å². The molecule has 0 amide bonds. The highest BCUT2D eigenvalue weighted by molar-refractivity contribution is 7.97. The number of nitrogens with zero attached hydrogens (tertiary/aromatic N) is 5. The number of hydrogen-bond donors (Lipinski definition) is 0. The van der Waals surface area contributed by atoms with Crippen molar-refractivity contribution in [3.05, 3.63) is 66.0 Å². The summed E-state index contributed by atoms with van der Waals surface area (Å²) in [6.45, 7) is 2.63. The van der Waals surface area contributed by atoms with Crippen LogP contribution in [0.25, 0.3) is 0 Å². The molecule has 0 radical (unpaired) electrons. The molecule has 11 heteroatoms. The molecule has 0 bridgehead atoms. The number of rotatable bonds is 6. The first-order valence-electron chi connectivity index (χ1n) is 10.5. The number of piperazine rings is 1. The second-order valence-corrected chi connectivity index (χ2v) is 9.01. The number of benzene rings is 2. The second-order valence-electron chi connectivity index (χ2n) is 7.84. The van der Waals surface area contributed by atoms with E-state index in [2.05, 4.69) is 14.3 Å². The quantitative estimate of drug-likeness (QED) is 0.340. The van der Waals surface area contributed by atoms with Crippen LogP contribution in [0.15, 0.2) is 59.5 Å². The zero-order valence-corrected chi connectivity index (χ0v) is 19.4. The predicted octanol–water partition coefficient (Wildman–Crippen LogP) is 5.32. The van der Waals surface area contributed by atoms with Crippen LogP contribution < -0.4 is 14.5 Å². The smallest absolute Gasteiger partial charge is 0.416 e. The standard InChI is InChI=1S/C23H23F4N5OS/c1-30(2)20-15-21(33-18-7-5-17(24)6-8-18)29-22(28-20)31-11-13-32(14-12-31)34-19-9-3-16(4-10-19)23(25,26)27/h3-10,15H,11-14H2,1-2H3. The zero-order chi connectivity index (χ0) is 24.3. The van der Waals surface area contributed by atoms with Gasteiger partial charge in [0.1, 0.15) is 17.4 Å². The molecule has 0 spiro atoms. The molecule has 1 aromatic heterocycles. The molecule has 1 fully saturated rings. The maximum absolute atomic E-state index is 13.2. The molecule has 1 saturated heterocycles. The van der Waals surface area contributed by atoms with Gasteiger partial charge in [0.05, 0.1) is 5.56 Å². The SMILES string of the molecule is CN(C)c1cc(Oc2ccc(F)cc2)nc(N2CCN(Sc3ccc(C(F)(F)F)cc3)CC2)n1. The number of anilines is 2. The lowest BCUT2D eigenvalue weighted by atomic mass is 10.2. The Kier molecular flexibility index (Phi) is 7.13. The van der Waals surface area contributed by atoms with E-state index in [1.807, 2.05) is 23.9 Å². The molecule has 0 unspecified atom stereocenters. The minimum atomic E-state index is -4.34. The summed E-state index contributed by atoms with van der Waals surface area (Å²) in [5.74, 6) is 1.65. The van der Waals surface area contributed by atoms with Crippen molar-refractivity contribution >= 4 is 23.7 Å². The van der Waals surface area contributed by atoms with Crippen LogP contribution in [0.1, 0.15) is 5.56 Å². The average Bonchev–Trinajstić information content (AvgIpc) is 2.81. The summed E-state index contributed by atoms with van der Waals surface area (Å²) in [6.07, 6.45) is -4.34. The lowest BCUT2D eigenvalue weighted by molar-refractivity contribution is -0.137. The van der Waals surface area contributed by atoms with E-state index in [1.165, 1.54) is 48.3 Å². The maximum Gasteiger partial charge on any atom is 0.416 e. The molecule has 2 aromatic carbocycles. The molecule has 4 rings (SSSR count). The van der Waals surface area contributed by atoms with Crippen LogP contribution in [0.5, 0.6) is 11.6 Å². The highest BCUT2D eigenvalue weighted by Crippen LogP contribution is 2.32. The Labute approximate surface area is 199 Å². The van der Waals surface area contributed by atoms with Crippen LogP contribution in [0, 0.1) is 5.82 Å². The van der Waals surface area contributed by atoms with E-state index in [0.29, 0.717) is 49.6 Å². The monoisotopic (exact) mass is 493 g/mol. The van der Waals surface area contributed by atoms with Gasteiger partial charge in [0, 0.05) is 51.2 Å². The van der Waals surface area contributed by atoms with Gasteiger partial charge in [-0.25, -0.2) is 8.70 Å². The molecule has 0 saturated carbocycles. The van der Waals surface area contributed by atoms with Crippen LogP contribution >= 0.6 is 11.9 Å². The lowest BCUT2D eigenvalue weighted by Crippen LogP contribution is -2.44. The normalized spacial score (nSPS) is 14.8. The zero-order valence-electron chi connectivity index (χ0n) is 18.6. The van der Waals surface area contributed by atoms with Gasteiger partial charge in [0.25, 0.3) is 0 Å². The molecule has 34 heavy (non-hydrogen) atoms. The largest absolute Gasteiger partial charge is 0.439 e. The van der Waals surface area contributed by atoms with E-state index >= 15 is 0 Å². The van der Waals surface area contributed by atoms with Crippen molar-refractivity contribution in [2.24, 2.45) is 0 Å². The van der Waals surface area contributed by atoms with Crippen molar-refractivity contribution in [1.29, 1.82) is 0 Å². The molecule has 1 aliphatic rings. The van der Waals surface area contributed by atoms with Crippen LogP contribution in [0.3, 0.4) is 0 Å². The van der Waals surface area contributed by atoms with Gasteiger partial charge in [-0.3, -0.25) is 0 Å². The number of aromatic nitrogens is 2. The molecule has 0 N–H and O–H groups in total. The summed E-state index contributed by atoms with van der Waals surface area (Å²) >= 11 is 1.43. The molecular formula is C23H23F4N5OS. The van der Waals surface area contributed by atoms with Crippen LogP contribution in [0.2, 0.25) is 0 Å². The molecule has 6 nitrogen and oxygen atoms in total. The first-order chi connectivity index (χ1) is 16.2. The summed E-state index contributed by atoms with van der Waals surface area (Å²) < 4.78 is 59.4. The van der Waals surface area contributed by atoms with Crippen LogP contribution in [0.4, 0.5) is 29.3 Å². The average molecular weight is 494 g/mol. The summed E-state index contributed by atoms with van der Waals surface area (Å²) in [6, 6.07) is 12.6. The Morgan fingerprint density at radius 2 is 1.56 bits per heavy atom. The van der Waals surface area contributed by atoms with Gasteiger partial charge in [-0.15, -0.1) is 0 Å². The van der Waals surface area contributed by atoms with Crippen molar-refractivity contribution < 1.29 is 22.3 Å². The number of ether oxygens (including phenoxy) is 1. The predicted molar refractivity (Wildman–Crippen MR) is 124 cm³/mol. The third-order valence-electron chi connectivity index (χ3n) is 5.11. The highest BCUT2D eigenvalue weighted by Gasteiger charge is 2.30. The van der Waals surface area contributed by atoms with Gasteiger partial charge in [0.15, 0.2) is 0 Å². The van der Waals surface area contributed by atoms with E-state index in [0.717, 1.165) is 17.0 Å². The molecule has 2 heterocycles. The van der Waals surface area contributed by atoms with Gasteiger partial charge in [-0.2, -0.15) is 23.1 Å². The fourth-order valence-corrected chi connectivity index (χ4v) is 4.18. The molecule has 0 atom stereocenters. The van der Waals surface area contributed by atoms with Crippen LogP contribution in [-0.2, 0) is 6.18 Å². The van der Waals surface area contributed by atoms with Gasteiger partial charge < -0.3 is 14.5 Å². The van der Waals surface area contributed by atoms with E-state index in [-0.39, 0.29) is 5.82 Å². The fraction of sp³-hybridized carbons (Fsp3) is 0.304. The summed E-state index contributed by atoms with van der Waals surface area (Å²) in [5, 5.41) is 0. The summed E-state index contributed by atoms with van der Waals surface area (Å²) in [4.78, 5) is 13.8. The van der Waals surface area contributed by atoms with Crippen molar-refractivity contribution in [2.75, 3.05) is 50.1 Å². The Hall–Kier alpha value is -3.05. The molecule has 3 aromatic rings. The summed E-state index contributed by atoms with van der Waals surface area (Å²) in [5.41, 5.74) is -0.654. The Morgan fingerprint density at radius 1 is 0.912 bits per heavy atom. The fourth-order valence-electron chi connectivity index (χ4n) is 3.28. The maximum atomic E-state index is 13.2.